The average molecular weight is 207 g/mol. The summed E-state index contributed by atoms with van der Waals surface area (Å²) >= 11 is 0. The molecule has 15 heavy (non-hydrogen) atoms. The molecule has 0 amide bonds. The molecular weight excluding hydrogens is 194 g/mol. The third-order valence-corrected chi connectivity index (χ3v) is 2.54. The van der Waals surface area contributed by atoms with Gasteiger partial charge in [-0.15, -0.1) is 4.91 Å². The van der Waals surface area contributed by atoms with Crippen molar-refractivity contribution in [1.29, 1.82) is 0 Å². The maximum absolute atomic E-state index is 10.8. The molecule has 2 heterocycles. The summed E-state index contributed by atoms with van der Waals surface area (Å²) in [5, 5.41) is 5.85. The van der Waals surface area contributed by atoms with Gasteiger partial charge in [-0.3, -0.25) is 0 Å². The first-order valence-corrected chi connectivity index (χ1v) is 4.98. The fourth-order valence-electron chi connectivity index (χ4n) is 1.80. The molecule has 0 spiro atoms. The molecule has 1 aliphatic rings. The molecular formula is C9H13N5O. The van der Waals surface area contributed by atoms with E-state index >= 15 is 0 Å². The van der Waals surface area contributed by atoms with Crippen LogP contribution in [0, 0.1) is 4.91 Å². The zero-order valence-corrected chi connectivity index (χ0v) is 8.60. The fourth-order valence-corrected chi connectivity index (χ4v) is 1.80. The zero-order valence-electron chi connectivity index (χ0n) is 8.60. The highest BCUT2D eigenvalue weighted by atomic mass is 16.3. The van der Waals surface area contributed by atoms with Crippen molar-refractivity contribution in [2.45, 2.75) is 12.8 Å². The minimum absolute atomic E-state index is 0.307. The Labute approximate surface area is 87.7 Å². The lowest BCUT2D eigenvalue weighted by molar-refractivity contribution is 0.927. The van der Waals surface area contributed by atoms with Crippen molar-refractivity contribution >= 4 is 17.3 Å². The van der Waals surface area contributed by atoms with Crippen molar-refractivity contribution in [2.75, 3.05) is 30.4 Å². The first kappa shape index (κ1) is 9.82. The van der Waals surface area contributed by atoms with E-state index in [0.717, 1.165) is 25.9 Å². The van der Waals surface area contributed by atoms with Crippen LogP contribution in [0.4, 0.5) is 17.3 Å². The van der Waals surface area contributed by atoms with Crippen molar-refractivity contribution in [2.24, 2.45) is 5.18 Å². The van der Waals surface area contributed by atoms with Gasteiger partial charge in [0.2, 0.25) is 0 Å². The molecule has 0 atom stereocenters. The van der Waals surface area contributed by atoms with E-state index in [1.54, 1.807) is 7.05 Å². The van der Waals surface area contributed by atoms with Crippen LogP contribution in [0.2, 0.25) is 0 Å². The zero-order chi connectivity index (χ0) is 10.7. The number of anilines is 2. The summed E-state index contributed by atoms with van der Waals surface area (Å²) in [6.07, 6.45) is 3.72. The van der Waals surface area contributed by atoms with Crippen LogP contribution >= 0.6 is 0 Å². The van der Waals surface area contributed by atoms with E-state index in [2.05, 4.69) is 25.4 Å². The van der Waals surface area contributed by atoms with E-state index in [0.29, 0.717) is 17.3 Å². The summed E-state index contributed by atoms with van der Waals surface area (Å²) in [7, 11) is 1.71. The Balaban J connectivity index is 2.40. The fraction of sp³-hybridized carbons (Fsp3) is 0.556. The molecule has 0 bridgehead atoms. The van der Waals surface area contributed by atoms with Crippen LogP contribution in [-0.4, -0.2) is 30.1 Å². The van der Waals surface area contributed by atoms with E-state index in [-0.39, 0.29) is 0 Å². The van der Waals surface area contributed by atoms with Gasteiger partial charge in [-0.25, -0.2) is 9.97 Å². The molecule has 80 valence electrons. The number of hydrogen-bond donors (Lipinski definition) is 1. The van der Waals surface area contributed by atoms with E-state index < -0.39 is 0 Å². The SMILES string of the molecule is CNc1ncnc(N2CCCC2)c1N=O. The van der Waals surface area contributed by atoms with Crippen LogP contribution in [0.25, 0.3) is 0 Å². The maximum Gasteiger partial charge on any atom is 0.192 e. The lowest BCUT2D eigenvalue weighted by Crippen LogP contribution is -2.19. The summed E-state index contributed by atoms with van der Waals surface area (Å²) < 4.78 is 0. The molecule has 0 radical (unpaired) electrons. The second-order valence-corrected chi connectivity index (χ2v) is 3.43. The van der Waals surface area contributed by atoms with E-state index in [4.69, 9.17) is 0 Å². The lowest BCUT2D eigenvalue weighted by Gasteiger charge is -2.17. The molecule has 0 unspecified atom stereocenters. The van der Waals surface area contributed by atoms with Crippen LogP contribution < -0.4 is 10.2 Å². The summed E-state index contributed by atoms with van der Waals surface area (Å²) in [5.41, 5.74) is 0.307. The summed E-state index contributed by atoms with van der Waals surface area (Å²) in [5.74, 6) is 1.13. The molecule has 1 saturated heterocycles. The van der Waals surface area contributed by atoms with Gasteiger partial charge in [-0.2, -0.15) is 0 Å². The van der Waals surface area contributed by atoms with Crippen molar-refractivity contribution in [1.82, 2.24) is 9.97 Å². The minimum Gasteiger partial charge on any atom is -0.371 e. The van der Waals surface area contributed by atoms with Crippen molar-refractivity contribution in [3.8, 4) is 0 Å². The Morgan fingerprint density at radius 3 is 2.73 bits per heavy atom. The van der Waals surface area contributed by atoms with Crippen LogP contribution in [0.1, 0.15) is 12.8 Å². The topological polar surface area (TPSA) is 70.5 Å². The van der Waals surface area contributed by atoms with Gasteiger partial charge in [0, 0.05) is 20.1 Å². The van der Waals surface area contributed by atoms with Gasteiger partial charge in [0.1, 0.15) is 6.33 Å². The first-order valence-electron chi connectivity index (χ1n) is 4.98. The third-order valence-electron chi connectivity index (χ3n) is 2.54. The van der Waals surface area contributed by atoms with Gasteiger partial charge in [0.15, 0.2) is 17.3 Å². The number of nitrogens with one attached hydrogen (secondary N) is 1. The number of nitrogens with zero attached hydrogens (tertiary/aromatic N) is 4. The Morgan fingerprint density at radius 2 is 2.13 bits per heavy atom. The van der Waals surface area contributed by atoms with E-state index in [1.165, 1.54) is 6.33 Å². The van der Waals surface area contributed by atoms with Crippen LogP contribution in [0.15, 0.2) is 11.5 Å². The average Bonchev–Trinajstić information content (AvgIpc) is 2.81. The van der Waals surface area contributed by atoms with E-state index in [9.17, 15) is 4.91 Å². The second-order valence-electron chi connectivity index (χ2n) is 3.43. The largest absolute Gasteiger partial charge is 0.371 e. The Hall–Kier alpha value is -1.72. The Morgan fingerprint density at radius 1 is 1.40 bits per heavy atom. The van der Waals surface area contributed by atoms with E-state index in [1.807, 2.05) is 0 Å². The summed E-state index contributed by atoms with van der Waals surface area (Å²) in [4.78, 5) is 20.9. The number of hydrogen-bond acceptors (Lipinski definition) is 6. The van der Waals surface area contributed by atoms with Gasteiger partial charge in [0.25, 0.3) is 0 Å². The standard InChI is InChI=1S/C9H13N5O/c1-10-8-7(13-15)9(12-6-11-8)14-4-2-3-5-14/h6H,2-5H2,1H3,(H,10,11,12). The predicted octanol–water partition coefficient (Wildman–Crippen LogP) is 1.52. The van der Waals surface area contributed by atoms with Crippen molar-refractivity contribution < 1.29 is 0 Å². The summed E-state index contributed by atoms with van der Waals surface area (Å²) in [6.45, 7) is 1.87. The van der Waals surface area contributed by atoms with Gasteiger partial charge in [-0.05, 0) is 18.0 Å². The maximum atomic E-state index is 10.8. The lowest BCUT2D eigenvalue weighted by atomic mass is 10.4. The Bertz CT molecular complexity index is 362. The minimum atomic E-state index is 0.307. The van der Waals surface area contributed by atoms with Gasteiger partial charge >= 0.3 is 0 Å². The van der Waals surface area contributed by atoms with Crippen molar-refractivity contribution in [3.63, 3.8) is 0 Å². The highest BCUT2D eigenvalue weighted by molar-refractivity contribution is 5.74. The normalized spacial score (nSPS) is 15.4. The predicted molar refractivity (Wildman–Crippen MR) is 58.5 cm³/mol. The number of rotatable bonds is 3. The molecule has 2 rings (SSSR count). The van der Waals surface area contributed by atoms with Gasteiger partial charge < -0.3 is 10.2 Å². The number of nitroso groups, excluding NO2 is 1. The molecule has 1 aromatic heterocycles. The number of aromatic nitrogens is 2. The quantitative estimate of drug-likeness (QED) is 0.761. The highest BCUT2D eigenvalue weighted by Gasteiger charge is 2.20. The molecule has 0 aromatic carbocycles. The highest BCUT2D eigenvalue weighted by Crippen LogP contribution is 2.33. The van der Waals surface area contributed by atoms with Crippen LogP contribution in [0.5, 0.6) is 0 Å². The third kappa shape index (κ3) is 1.74. The monoisotopic (exact) mass is 207 g/mol. The molecule has 1 aliphatic heterocycles. The Kier molecular flexibility index (Phi) is 2.75. The van der Waals surface area contributed by atoms with Crippen LogP contribution in [-0.2, 0) is 0 Å². The molecule has 0 saturated carbocycles. The first-order chi connectivity index (χ1) is 7.36. The molecule has 1 aromatic rings. The second kappa shape index (κ2) is 4.20. The van der Waals surface area contributed by atoms with Gasteiger partial charge in [0.05, 0.1) is 0 Å². The smallest absolute Gasteiger partial charge is 0.192 e. The van der Waals surface area contributed by atoms with Gasteiger partial charge in [-0.1, -0.05) is 0 Å². The summed E-state index contributed by atoms with van der Waals surface area (Å²) in [6, 6.07) is 0. The molecule has 1 fully saturated rings. The molecule has 1 N–H and O–H groups in total. The molecule has 6 heteroatoms. The van der Waals surface area contributed by atoms with Crippen LogP contribution in [0.3, 0.4) is 0 Å². The van der Waals surface area contributed by atoms with Crippen molar-refractivity contribution in [3.05, 3.63) is 11.2 Å². The molecule has 6 nitrogen and oxygen atoms in total. The molecule has 0 aliphatic carbocycles.